The molecule has 0 aliphatic heterocycles. The molecule has 4 nitrogen and oxygen atoms in total. The number of fused-ring (bicyclic) bond motifs is 5. The van der Waals surface area contributed by atoms with E-state index in [1.807, 2.05) is 54.6 Å². The summed E-state index contributed by atoms with van der Waals surface area (Å²) in [6, 6.07) is 34.5. The average molecular weight is 543 g/mol. The fourth-order valence-electron chi connectivity index (χ4n) is 5.17. The van der Waals surface area contributed by atoms with E-state index in [2.05, 4.69) is 44.8 Å². The molecule has 0 saturated carbocycles. The molecule has 0 unspecified atom stereocenters. The average Bonchev–Trinajstić information content (AvgIpc) is 3.27. The Hall–Kier alpha value is -4.44. The van der Waals surface area contributed by atoms with Crippen LogP contribution in [0, 0.1) is 0 Å². The molecule has 0 spiro atoms. The predicted molar refractivity (Wildman–Crippen MR) is 150 cm³/mol. The first kappa shape index (κ1) is 21.8. The van der Waals surface area contributed by atoms with E-state index in [1.165, 1.54) is 0 Å². The zero-order valence-electron chi connectivity index (χ0n) is 19.5. The van der Waals surface area contributed by atoms with E-state index in [9.17, 15) is 9.59 Å². The van der Waals surface area contributed by atoms with E-state index in [0.29, 0.717) is 37.5 Å². The van der Waals surface area contributed by atoms with Crippen molar-refractivity contribution in [3.05, 3.63) is 131 Å². The number of carbonyl (C=O) groups excluding carboxylic acids is 1. The van der Waals surface area contributed by atoms with Gasteiger partial charge in [0.2, 0.25) is 0 Å². The van der Waals surface area contributed by atoms with Gasteiger partial charge in [-0.15, -0.1) is 0 Å². The van der Waals surface area contributed by atoms with Crippen LogP contribution in [0.1, 0.15) is 15.9 Å². The normalized spacial score (nSPS) is 11.6. The minimum absolute atomic E-state index is 0.144. The summed E-state index contributed by atoms with van der Waals surface area (Å²) in [6.07, 6.45) is 0. The summed E-state index contributed by atoms with van der Waals surface area (Å²) in [6.45, 7) is 0. The van der Waals surface area contributed by atoms with Crippen LogP contribution < -0.4 is 9.89 Å². The van der Waals surface area contributed by atoms with E-state index in [0.717, 1.165) is 27.5 Å². The number of hydrogen-bond donors (Lipinski definition) is 0. The van der Waals surface area contributed by atoms with Gasteiger partial charge >= 0.3 is 220 Å². The molecule has 5 heteroatoms. The predicted octanol–water partition coefficient (Wildman–Crippen LogP) is 6.07. The van der Waals surface area contributed by atoms with Crippen LogP contribution in [0.2, 0.25) is 0 Å². The Morgan fingerprint density at radius 1 is 0.676 bits per heavy atom. The van der Waals surface area contributed by atoms with Gasteiger partial charge in [-0.3, -0.25) is 0 Å². The van der Waals surface area contributed by atoms with Crippen LogP contribution in [0.15, 0.2) is 118 Å². The van der Waals surface area contributed by atoms with Gasteiger partial charge in [0.05, 0.1) is 0 Å². The molecule has 0 N–H and O–H groups in total. The fraction of sp³-hybridized carbons (Fsp3) is 0. The second-order valence-electron chi connectivity index (χ2n) is 8.99. The maximum absolute atomic E-state index is 13.8. The van der Waals surface area contributed by atoms with Gasteiger partial charge in [0.15, 0.2) is 0 Å². The standard InChI is InChI=1S/C32H18NO3Se/c34-30(19-9-2-1-3-10-19)24-17-23-28(18-29(24)37)36-32-22(31(23)35)13-8-16-27(32)33-25-14-6-4-11-20(25)21-12-5-7-15-26(21)33/h1-18H. The summed E-state index contributed by atoms with van der Waals surface area (Å²) >= 11 is 2.98. The Balaban J connectivity index is 1.52. The summed E-state index contributed by atoms with van der Waals surface area (Å²) in [5, 5.41) is 3.11. The first-order chi connectivity index (χ1) is 18.1. The molecule has 1 radical (unpaired) electrons. The quantitative estimate of drug-likeness (QED) is 0.155. The zero-order chi connectivity index (χ0) is 25.1. The van der Waals surface area contributed by atoms with Crippen LogP contribution in [0.4, 0.5) is 0 Å². The van der Waals surface area contributed by atoms with Crippen molar-refractivity contribution in [2.45, 2.75) is 0 Å². The van der Waals surface area contributed by atoms with Crippen molar-refractivity contribution < 1.29 is 9.21 Å². The van der Waals surface area contributed by atoms with Crippen LogP contribution in [-0.2, 0) is 0 Å². The van der Waals surface area contributed by atoms with E-state index in [1.54, 1.807) is 30.3 Å². The van der Waals surface area contributed by atoms with Crippen molar-refractivity contribution in [1.82, 2.24) is 4.57 Å². The Kier molecular flexibility index (Phi) is 4.90. The molecule has 0 amide bonds. The van der Waals surface area contributed by atoms with Crippen LogP contribution in [-0.4, -0.2) is 26.4 Å². The Labute approximate surface area is 219 Å². The topological polar surface area (TPSA) is 52.2 Å². The van der Waals surface area contributed by atoms with Crippen LogP contribution >= 0.6 is 0 Å². The third kappa shape index (κ3) is 3.29. The molecule has 0 saturated heterocycles. The van der Waals surface area contributed by atoms with Crippen molar-refractivity contribution in [3.8, 4) is 5.69 Å². The molecule has 7 aromatic rings. The van der Waals surface area contributed by atoms with E-state index in [-0.39, 0.29) is 11.2 Å². The summed E-state index contributed by atoms with van der Waals surface area (Å²) in [5.74, 6) is -0.144. The Morgan fingerprint density at radius 2 is 1.30 bits per heavy atom. The summed E-state index contributed by atoms with van der Waals surface area (Å²) in [7, 11) is 0. The third-order valence-electron chi connectivity index (χ3n) is 6.88. The molecule has 5 aromatic carbocycles. The van der Waals surface area contributed by atoms with Crippen molar-refractivity contribution in [1.29, 1.82) is 0 Å². The van der Waals surface area contributed by atoms with E-state index >= 15 is 0 Å². The molecule has 2 aromatic heterocycles. The van der Waals surface area contributed by atoms with Crippen LogP contribution in [0.3, 0.4) is 0 Å². The van der Waals surface area contributed by atoms with Crippen molar-refractivity contribution in [2.24, 2.45) is 0 Å². The van der Waals surface area contributed by atoms with Crippen molar-refractivity contribution in [3.63, 3.8) is 0 Å². The van der Waals surface area contributed by atoms with Crippen molar-refractivity contribution >= 4 is 70.0 Å². The number of nitrogens with zero attached hydrogens (tertiary/aromatic N) is 1. The Bertz CT molecular complexity index is 2030. The summed E-state index contributed by atoms with van der Waals surface area (Å²) in [5.41, 5.74) is 4.65. The zero-order valence-corrected chi connectivity index (χ0v) is 21.2. The Morgan fingerprint density at radius 3 is 2.00 bits per heavy atom. The maximum atomic E-state index is 13.8. The number of rotatable bonds is 3. The number of para-hydroxylation sites is 3. The van der Waals surface area contributed by atoms with Gasteiger partial charge < -0.3 is 0 Å². The third-order valence-corrected chi connectivity index (χ3v) is 7.59. The van der Waals surface area contributed by atoms with Gasteiger partial charge in [-0.1, -0.05) is 0 Å². The summed E-state index contributed by atoms with van der Waals surface area (Å²) < 4.78 is 9.23. The molecule has 0 fully saturated rings. The molecule has 0 bridgehead atoms. The number of aromatic nitrogens is 1. The molecule has 175 valence electrons. The van der Waals surface area contributed by atoms with Gasteiger partial charge in [-0.05, 0) is 0 Å². The van der Waals surface area contributed by atoms with Gasteiger partial charge in [0.25, 0.3) is 0 Å². The van der Waals surface area contributed by atoms with Gasteiger partial charge in [0, 0.05) is 0 Å². The molecule has 7 rings (SSSR count). The monoisotopic (exact) mass is 544 g/mol. The fourth-order valence-corrected chi connectivity index (χ4v) is 5.71. The first-order valence-corrected chi connectivity index (χ1v) is 12.8. The molecular weight excluding hydrogens is 525 g/mol. The number of benzene rings is 5. The number of carbonyl (C=O) groups is 1. The SMILES string of the molecule is O=C(c1ccccc1)c1cc2c(=O)c3cccc(-n4c5ccccc5c5ccccc54)c3oc2cc1[Se]. The molecule has 0 aliphatic rings. The molecule has 37 heavy (non-hydrogen) atoms. The molecule has 0 atom stereocenters. The number of hydrogen-bond acceptors (Lipinski definition) is 3. The van der Waals surface area contributed by atoms with Gasteiger partial charge in [0.1, 0.15) is 0 Å². The van der Waals surface area contributed by atoms with Crippen LogP contribution in [0.25, 0.3) is 49.4 Å². The van der Waals surface area contributed by atoms with E-state index < -0.39 is 0 Å². The first-order valence-electron chi connectivity index (χ1n) is 11.9. The summed E-state index contributed by atoms with van der Waals surface area (Å²) in [4.78, 5) is 27.0. The second kappa shape index (κ2) is 8.31. The molecular formula is C32H18NO3Se. The second-order valence-corrected chi connectivity index (χ2v) is 9.92. The number of ketones is 1. The van der Waals surface area contributed by atoms with Crippen molar-refractivity contribution in [2.75, 3.05) is 0 Å². The van der Waals surface area contributed by atoms with Crippen LogP contribution in [0.5, 0.6) is 0 Å². The minimum atomic E-state index is -0.166. The molecule has 2 heterocycles. The molecule has 0 aliphatic carbocycles. The van der Waals surface area contributed by atoms with E-state index in [4.69, 9.17) is 4.42 Å². The van der Waals surface area contributed by atoms with Gasteiger partial charge in [-0.2, -0.15) is 0 Å². The van der Waals surface area contributed by atoms with Gasteiger partial charge in [-0.25, -0.2) is 0 Å².